The quantitative estimate of drug-likeness (QED) is 0.579. The molecule has 148 valence electrons. The van der Waals surface area contributed by atoms with E-state index in [1.807, 2.05) is 60.7 Å². The fraction of sp³-hybridized carbons (Fsp3) is 0.130. The minimum absolute atomic E-state index is 0.0172. The van der Waals surface area contributed by atoms with Crippen LogP contribution < -0.4 is 0 Å². The number of carboxylic acids is 1. The molecule has 6 heteroatoms. The van der Waals surface area contributed by atoms with Gasteiger partial charge in [-0.25, -0.2) is 4.79 Å². The van der Waals surface area contributed by atoms with Crippen molar-refractivity contribution in [3.8, 4) is 0 Å². The summed E-state index contributed by atoms with van der Waals surface area (Å²) in [4.78, 5) is 16.3. The van der Waals surface area contributed by atoms with Crippen molar-refractivity contribution in [2.24, 2.45) is 4.99 Å². The van der Waals surface area contributed by atoms with E-state index in [0.717, 1.165) is 23.3 Å². The molecule has 0 heterocycles. The zero-order valence-electron chi connectivity index (χ0n) is 15.3. The average Bonchev–Trinajstić information content (AvgIpc) is 2.72. The molecule has 0 spiro atoms. The van der Waals surface area contributed by atoms with Gasteiger partial charge in [-0.05, 0) is 17.7 Å². The van der Waals surface area contributed by atoms with Gasteiger partial charge in [0, 0.05) is 17.5 Å². The normalized spacial score (nSPS) is 12.2. The fourth-order valence-electron chi connectivity index (χ4n) is 2.90. The number of hydrogen-bond donors (Lipinski definition) is 1. The van der Waals surface area contributed by atoms with Crippen LogP contribution in [0.25, 0.3) is 0 Å². The summed E-state index contributed by atoms with van der Waals surface area (Å²) in [6, 6.07) is 21.7. The first-order valence-electron chi connectivity index (χ1n) is 8.92. The number of hydrogen-bond acceptors (Lipinski definition) is 2. The summed E-state index contributed by atoms with van der Waals surface area (Å²) in [6.45, 7) is 0. The Balaban J connectivity index is 1.96. The van der Waals surface area contributed by atoms with Gasteiger partial charge in [-0.1, -0.05) is 72.8 Å². The minimum Gasteiger partial charge on any atom is -0.480 e. The van der Waals surface area contributed by atoms with E-state index in [9.17, 15) is 23.1 Å². The van der Waals surface area contributed by atoms with Crippen molar-refractivity contribution in [1.82, 2.24) is 0 Å². The Hall–Kier alpha value is -3.41. The zero-order valence-corrected chi connectivity index (χ0v) is 15.3. The summed E-state index contributed by atoms with van der Waals surface area (Å²) in [5, 5.41) is 9.67. The van der Waals surface area contributed by atoms with Crippen LogP contribution in [0, 0.1) is 0 Å². The van der Waals surface area contributed by atoms with Gasteiger partial charge in [0.25, 0.3) is 0 Å². The minimum atomic E-state index is -4.43. The lowest BCUT2D eigenvalue weighted by Crippen LogP contribution is -2.23. The molecule has 3 aromatic carbocycles. The maximum Gasteiger partial charge on any atom is 0.416 e. The lowest BCUT2D eigenvalue weighted by Gasteiger charge is -2.14. The van der Waals surface area contributed by atoms with Gasteiger partial charge in [0.05, 0.1) is 11.3 Å². The predicted molar refractivity (Wildman–Crippen MR) is 105 cm³/mol. The van der Waals surface area contributed by atoms with Crippen molar-refractivity contribution in [1.29, 1.82) is 0 Å². The standard InChI is InChI=1S/C23H18F3NO2/c24-23(25,26)19-13-11-16(12-14-19)15-20(22(28)29)27-21(17-7-3-1-4-8-17)18-9-5-2-6-10-18/h1-14,20H,15H2,(H,28,29)/t20-/m1/s1. The number of rotatable bonds is 6. The Morgan fingerprint density at radius 1 is 0.828 bits per heavy atom. The summed E-state index contributed by atoms with van der Waals surface area (Å²) in [5.41, 5.74) is 1.74. The summed E-state index contributed by atoms with van der Waals surface area (Å²) in [6.07, 6.45) is -4.45. The van der Waals surface area contributed by atoms with Crippen LogP contribution in [0.1, 0.15) is 22.3 Å². The summed E-state index contributed by atoms with van der Waals surface area (Å²) in [7, 11) is 0. The van der Waals surface area contributed by atoms with Crippen LogP contribution in [-0.2, 0) is 17.4 Å². The first-order chi connectivity index (χ1) is 13.8. The van der Waals surface area contributed by atoms with E-state index < -0.39 is 23.8 Å². The van der Waals surface area contributed by atoms with Crippen LogP contribution in [0.4, 0.5) is 13.2 Å². The number of carbonyl (C=O) groups is 1. The maximum atomic E-state index is 12.7. The third-order valence-corrected chi connectivity index (χ3v) is 4.37. The molecule has 0 saturated heterocycles. The fourth-order valence-corrected chi connectivity index (χ4v) is 2.90. The molecule has 0 fully saturated rings. The van der Waals surface area contributed by atoms with E-state index >= 15 is 0 Å². The number of benzene rings is 3. The molecular formula is C23H18F3NO2. The molecule has 0 aromatic heterocycles. The maximum absolute atomic E-state index is 12.7. The van der Waals surface area contributed by atoms with Crippen LogP contribution in [0.5, 0.6) is 0 Å². The van der Waals surface area contributed by atoms with E-state index in [0.29, 0.717) is 11.3 Å². The molecule has 0 unspecified atom stereocenters. The highest BCUT2D eigenvalue weighted by molar-refractivity contribution is 6.13. The van der Waals surface area contributed by atoms with Crippen molar-refractivity contribution in [2.75, 3.05) is 0 Å². The molecule has 3 rings (SSSR count). The number of halogens is 3. The second kappa shape index (κ2) is 8.73. The Labute approximate surface area is 166 Å². The molecule has 29 heavy (non-hydrogen) atoms. The van der Waals surface area contributed by atoms with E-state index in [1.54, 1.807) is 0 Å². The molecule has 0 radical (unpaired) electrons. The van der Waals surface area contributed by atoms with Gasteiger partial charge >= 0.3 is 12.1 Å². The summed E-state index contributed by atoms with van der Waals surface area (Å²) < 4.78 is 38.2. The van der Waals surface area contributed by atoms with E-state index in [1.165, 1.54) is 12.1 Å². The van der Waals surface area contributed by atoms with Crippen molar-refractivity contribution >= 4 is 11.7 Å². The van der Waals surface area contributed by atoms with Gasteiger partial charge in [0.15, 0.2) is 6.04 Å². The molecular weight excluding hydrogens is 379 g/mol. The highest BCUT2D eigenvalue weighted by atomic mass is 19.4. The third-order valence-electron chi connectivity index (χ3n) is 4.37. The number of carboxylic acid groups (broad SMARTS) is 1. The van der Waals surface area contributed by atoms with Crippen molar-refractivity contribution < 1.29 is 23.1 Å². The Morgan fingerprint density at radius 3 is 1.72 bits per heavy atom. The van der Waals surface area contributed by atoms with Crippen LogP contribution in [-0.4, -0.2) is 22.8 Å². The van der Waals surface area contributed by atoms with Gasteiger partial charge in [-0.3, -0.25) is 4.99 Å². The van der Waals surface area contributed by atoms with E-state index in [2.05, 4.69) is 4.99 Å². The monoisotopic (exact) mass is 397 g/mol. The number of aliphatic imine (C=N–C) groups is 1. The zero-order chi connectivity index (χ0) is 20.9. The highest BCUT2D eigenvalue weighted by Gasteiger charge is 2.30. The second-order valence-corrected chi connectivity index (χ2v) is 6.46. The molecule has 0 aliphatic heterocycles. The molecule has 1 atom stereocenters. The Kier molecular flexibility index (Phi) is 6.12. The van der Waals surface area contributed by atoms with Crippen molar-refractivity contribution in [2.45, 2.75) is 18.6 Å². The van der Waals surface area contributed by atoms with E-state index in [-0.39, 0.29) is 6.42 Å². The Morgan fingerprint density at radius 2 is 1.31 bits per heavy atom. The number of nitrogens with zero attached hydrogens (tertiary/aromatic N) is 1. The SMILES string of the molecule is O=C(O)[C@@H](Cc1ccc(C(F)(F)F)cc1)N=C(c1ccccc1)c1ccccc1. The smallest absolute Gasteiger partial charge is 0.416 e. The van der Waals surface area contributed by atoms with Gasteiger partial charge < -0.3 is 5.11 Å². The number of aliphatic carboxylic acids is 1. The number of alkyl halides is 3. The van der Waals surface area contributed by atoms with Crippen LogP contribution in [0.3, 0.4) is 0 Å². The lowest BCUT2D eigenvalue weighted by atomic mass is 10.0. The first kappa shape index (κ1) is 20.3. The van der Waals surface area contributed by atoms with Gasteiger partial charge in [-0.2, -0.15) is 13.2 Å². The molecule has 0 saturated carbocycles. The molecule has 0 aliphatic carbocycles. The molecule has 3 aromatic rings. The highest BCUT2D eigenvalue weighted by Crippen LogP contribution is 2.29. The second-order valence-electron chi connectivity index (χ2n) is 6.46. The molecule has 3 nitrogen and oxygen atoms in total. The molecule has 0 amide bonds. The molecule has 0 aliphatic rings. The third kappa shape index (κ3) is 5.31. The molecule has 1 N–H and O–H groups in total. The Bertz CT molecular complexity index is 941. The largest absolute Gasteiger partial charge is 0.480 e. The first-order valence-corrected chi connectivity index (χ1v) is 8.92. The van der Waals surface area contributed by atoms with E-state index in [4.69, 9.17) is 0 Å². The molecule has 0 bridgehead atoms. The van der Waals surface area contributed by atoms with Crippen LogP contribution in [0.2, 0.25) is 0 Å². The van der Waals surface area contributed by atoms with Gasteiger partial charge in [0.2, 0.25) is 0 Å². The van der Waals surface area contributed by atoms with Gasteiger partial charge in [0.1, 0.15) is 0 Å². The predicted octanol–water partition coefficient (Wildman–Crippen LogP) is 5.24. The van der Waals surface area contributed by atoms with Crippen LogP contribution in [0.15, 0.2) is 89.9 Å². The lowest BCUT2D eigenvalue weighted by molar-refractivity contribution is -0.139. The summed E-state index contributed by atoms with van der Waals surface area (Å²) >= 11 is 0. The summed E-state index contributed by atoms with van der Waals surface area (Å²) in [5.74, 6) is -1.14. The topological polar surface area (TPSA) is 49.7 Å². The van der Waals surface area contributed by atoms with Crippen molar-refractivity contribution in [3.63, 3.8) is 0 Å². The van der Waals surface area contributed by atoms with Crippen molar-refractivity contribution in [3.05, 3.63) is 107 Å². The average molecular weight is 397 g/mol. The van der Waals surface area contributed by atoms with Crippen LogP contribution >= 0.6 is 0 Å². The van der Waals surface area contributed by atoms with Gasteiger partial charge in [-0.15, -0.1) is 0 Å².